The Labute approximate surface area is 104 Å². The Balaban J connectivity index is 1.67. The number of rotatable bonds is 2. The van der Waals surface area contributed by atoms with Crippen molar-refractivity contribution in [3.05, 3.63) is 34.9 Å². The summed E-state index contributed by atoms with van der Waals surface area (Å²) in [5.74, 6) is 0. The van der Waals surface area contributed by atoms with E-state index < -0.39 is 0 Å². The number of hydrogen-bond acceptors (Lipinski definition) is 2. The standard InChI is InChI=1S/C15H22N2/c1-12-4-5-13-10-16-15(9-14(13)8-12)11-17-6-2-3-7-17/h4-5,8,15-16H,2-3,6-7,9-11H2,1H3. The van der Waals surface area contributed by atoms with Crippen LogP contribution in [-0.2, 0) is 13.0 Å². The minimum atomic E-state index is 0.655. The molecule has 1 atom stereocenters. The predicted molar refractivity (Wildman–Crippen MR) is 71.2 cm³/mol. The summed E-state index contributed by atoms with van der Waals surface area (Å²) in [4.78, 5) is 2.61. The molecule has 2 aliphatic heterocycles. The maximum Gasteiger partial charge on any atom is 0.0238 e. The van der Waals surface area contributed by atoms with Gasteiger partial charge in [0, 0.05) is 19.1 Å². The van der Waals surface area contributed by atoms with Crippen molar-refractivity contribution in [1.29, 1.82) is 0 Å². The molecule has 0 aromatic heterocycles. The summed E-state index contributed by atoms with van der Waals surface area (Å²) in [5.41, 5.74) is 4.45. The Kier molecular flexibility index (Phi) is 3.17. The zero-order valence-corrected chi connectivity index (χ0v) is 10.7. The van der Waals surface area contributed by atoms with E-state index in [0.29, 0.717) is 6.04 Å². The summed E-state index contributed by atoms with van der Waals surface area (Å²) >= 11 is 0. The summed E-state index contributed by atoms with van der Waals surface area (Å²) in [7, 11) is 0. The summed E-state index contributed by atoms with van der Waals surface area (Å²) in [5, 5.41) is 3.68. The van der Waals surface area contributed by atoms with Gasteiger partial charge >= 0.3 is 0 Å². The fourth-order valence-corrected chi connectivity index (χ4v) is 3.12. The molecule has 0 spiro atoms. The number of likely N-dealkylation sites (tertiary alicyclic amines) is 1. The molecule has 0 saturated carbocycles. The first-order valence-corrected chi connectivity index (χ1v) is 6.85. The van der Waals surface area contributed by atoms with Crippen molar-refractivity contribution in [3.8, 4) is 0 Å². The number of nitrogens with one attached hydrogen (secondary N) is 1. The minimum Gasteiger partial charge on any atom is -0.308 e. The first kappa shape index (κ1) is 11.2. The quantitative estimate of drug-likeness (QED) is 0.837. The molecule has 1 N–H and O–H groups in total. The third-order valence-electron chi connectivity index (χ3n) is 4.09. The fraction of sp³-hybridized carbons (Fsp3) is 0.600. The normalized spacial score (nSPS) is 24.9. The van der Waals surface area contributed by atoms with Gasteiger partial charge in [-0.05, 0) is 50.4 Å². The third kappa shape index (κ3) is 2.53. The second-order valence-electron chi connectivity index (χ2n) is 5.56. The highest BCUT2D eigenvalue weighted by atomic mass is 15.2. The lowest BCUT2D eigenvalue weighted by molar-refractivity contribution is 0.282. The van der Waals surface area contributed by atoms with Gasteiger partial charge in [-0.2, -0.15) is 0 Å². The molecule has 1 unspecified atom stereocenters. The first-order valence-electron chi connectivity index (χ1n) is 6.85. The monoisotopic (exact) mass is 230 g/mol. The van der Waals surface area contributed by atoms with E-state index in [1.807, 2.05) is 0 Å². The van der Waals surface area contributed by atoms with Gasteiger partial charge in [0.25, 0.3) is 0 Å². The van der Waals surface area contributed by atoms with Gasteiger partial charge in [0.15, 0.2) is 0 Å². The fourth-order valence-electron chi connectivity index (χ4n) is 3.12. The summed E-state index contributed by atoms with van der Waals surface area (Å²) < 4.78 is 0. The lowest BCUT2D eigenvalue weighted by atomic mass is 9.94. The third-order valence-corrected chi connectivity index (χ3v) is 4.09. The van der Waals surface area contributed by atoms with Gasteiger partial charge in [-0.3, -0.25) is 0 Å². The van der Waals surface area contributed by atoms with Gasteiger partial charge in [0.1, 0.15) is 0 Å². The molecule has 1 fully saturated rings. The maximum atomic E-state index is 3.68. The molecule has 1 aromatic carbocycles. The molecule has 2 heterocycles. The summed E-state index contributed by atoms with van der Waals surface area (Å²) in [6.07, 6.45) is 3.98. The number of aryl methyl sites for hydroxylation is 1. The molecular formula is C15H22N2. The van der Waals surface area contributed by atoms with Crippen LogP contribution in [0.5, 0.6) is 0 Å². The van der Waals surface area contributed by atoms with Crippen molar-refractivity contribution >= 4 is 0 Å². The molecule has 0 amide bonds. The number of hydrogen-bond donors (Lipinski definition) is 1. The van der Waals surface area contributed by atoms with Crippen LogP contribution in [0.4, 0.5) is 0 Å². The van der Waals surface area contributed by atoms with Crippen molar-refractivity contribution in [2.45, 2.75) is 38.8 Å². The smallest absolute Gasteiger partial charge is 0.0238 e. The zero-order chi connectivity index (χ0) is 11.7. The summed E-state index contributed by atoms with van der Waals surface area (Å²) in [6.45, 7) is 7.08. The minimum absolute atomic E-state index is 0.655. The Morgan fingerprint density at radius 2 is 2.06 bits per heavy atom. The topological polar surface area (TPSA) is 15.3 Å². The zero-order valence-electron chi connectivity index (χ0n) is 10.7. The summed E-state index contributed by atoms with van der Waals surface area (Å²) in [6, 6.07) is 7.53. The van der Waals surface area contributed by atoms with E-state index in [-0.39, 0.29) is 0 Å². The van der Waals surface area contributed by atoms with E-state index in [2.05, 4.69) is 35.3 Å². The van der Waals surface area contributed by atoms with Crippen molar-refractivity contribution < 1.29 is 0 Å². The Morgan fingerprint density at radius 3 is 2.88 bits per heavy atom. The van der Waals surface area contributed by atoms with Crippen molar-refractivity contribution in [1.82, 2.24) is 10.2 Å². The van der Waals surface area contributed by atoms with Crippen LogP contribution >= 0.6 is 0 Å². The molecule has 0 bridgehead atoms. The maximum absolute atomic E-state index is 3.68. The average molecular weight is 230 g/mol. The van der Waals surface area contributed by atoms with Gasteiger partial charge in [-0.25, -0.2) is 0 Å². The van der Waals surface area contributed by atoms with Crippen LogP contribution in [-0.4, -0.2) is 30.6 Å². The van der Waals surface area contributed by atoms with E-state index in [9.17, 15) is 0 Å². The molecule has 17 heavy (non-hydrogen) atoms. The first-order chi connectivity index (χ1) is 8.31. The molecule has 92 valence electrons. The predicted octanol–water partition coefficient (Wildman–Crippen LogP) is 2.11. The largest absolute Gasteiger partial charge is 0.308 e. The van der Waals surface area contributed by atoms with E-state index in [1.54, 1.807) is 5.56 Å². The van der Waals surface area contributed by atoms with Gasteiger partial charge < -0.3 is 10.2 Å². The van der Waals surface area contributed by atoms with E-state index in [0.717, 1.165) is 6.54 Å². The molecule has 2 aliphatic rings. The van der Waals surface area contributed by atoms with Crippen LogP contribution in [0.3, 0.4) is 0 Å². The molecule has 2 nitrogen and oxygen atoms in total. The molecule has 1 saturated heterocycles. The Morgan fingerprint density at radius 1 is 1.24 bits per heavy atom. The highest BCUT2D eigenvalue weighted by molar-refractivity contribution is 5.33. The van der Waals surface area contributed by atoms with Crippen LogP contribution in [0.1, 0.15) is 29.5 Å². The van der Waals surface area contributed by atoms with Crippen LogP contribution in [0.2, 0.25) is 0 Å². The van der Waals surface area contributed by atoms with Gasteiger partial charge in [0.05, 0.1) is 0 Å². The average Bonchev–Trinajstić information content (AvgIpc) is 2.81. The van der Waals surface area contributed by atoms with Gasteiger partial charge in [0.2, 0.25) is 0 Å². The second-order valence-corrected chi connectivity index (χ2v) is 5.56. The lowest BCUT2D eigenvalue weighted by Crippen LogP contribution is -2.43. The molecule has 2 heteroatoms. The lowest BCUT2D eigenvalue weighted by Gasteiger charge is -2.29. The van der Waals surface area contributed by atoms with E-state index >= 15 is 0 Å². The van der Waals surface area contributed by atoms with Crippen molar-refractivity contribution in [2.24, 2.45) is 0 Å². The molecular weight excluding hydrogens is 208 g/mol. The van der Waals surface area contributed by atoms with E-state index in [4.69, 9.17) is 0 Å². The second kappa shape index (κ2) is 4.79. The van der Waals surface area contributed by atoms with Crippen molar-refractivity contribution in [3.63, 3.8) is 0 Å². The van der Waals surface area contributed by atoms with Crippen LogP contribution < -0.4 is 5.32 Å². The van der Waals surface area contributed by atoms with E-state index in [1.165, 1.54) is 50.0 Å². The van der Waals surface area contributed by atoms with Crippen LogP contribution in [0.15, 0.2) is 18.2 Å². The molecule has 0 radical (unpaired) electrons. The van der Waals surface area contributed by atoms with Gasteiger partial charge in [-0.1, -0.05) is 23.8 Å². The molecule has 1 aromatic rings. The number of nitrogens with zero attached hydrogens (tertiary/aromatic N) is 1. The van der Waals surface area contributed by atoms with Crippen molar-refractivity contribution in [2.75, 3.05) is 19.6 Å². The highest BCUT2D eigenvalue weighted by Crippen LogP contribution is 2.19. The number of benzene rings is 1. The molecule has 0 aliphatic carbocycles. The highest BCUT2D eigenvalue weighted by Gasteiger charge is 2.21. The van der Waals surface area contributed by atoms with Crippen LogP contribution in [0, 0.1) is 6.92 Å². The molecule has 3 rings (SSSR count). The SMILES string of the molecule is Cc1ccc2c(c1)CC(CN1CCCC1)NC2. The van der Waals surface area contributed by atoms with Gasteiger partial charge in [-0.15, -0.1) is 0 Å². The Bertz CT molecular complexity index is 394. The Hall–Kier alpha value is -0.860. The number of fused-ring (bicyclic) bond motifs is 1. The van der Waals surface area contributed by atoms with Crippen LogP contribution in [0.25, 0.3) is 0 Å².